The maximum Gasteiger partial charge on any atom is 0.656 e. The van der Waals surface area contributed by atoms with Crippen LogP contribution in [0.5, 0.6) is 5.75 Å². The number of benzene rings is 1. The molecule has 0 unspecified atom stereocenters. The van der Waals surface area contributed by atoms with E-state index < -0.39 is 21.3 Å². The van der Waals surface area contributed by atoms with E-state index >= 15 is 0 Å². The summed E-state index contributed by atoms with van der Waals surface area (Å²) < 4.78 is 44.6. The molecule has 0 saturated carbocycles. The van der Waals surface area contributed by atoms with Crippen LogP contribution < -0.4 is 4.74 Å². The van der Waals surface area contributed by atoms with E-state index in [1.165, 1.54) is 31.4 Å². The third-order valence-electron chi connectivity index (χ3n) is 1.69. The van der Waals surface area contributed by atoms with Gasteiger partial charge in [-0.15, -0.1) is 0 Å². The monoisotopic (exact) mass is 250 g/mol. The fourth-order valence-corrected chi connectivity index (χ4v) is 1.25. The Balaban J connectivity index is 2.59. The standard InChI is InChI=1S/C9H9F3O3Si/c1-14-8-4-2-7(3-5-8)9(13)15-6-16(10,11)12/h2-5H,6H2,1H3. The Labute approximate surface area is 91.3 Å². The molecule has 1 aromatic rings. The van der Waals surface area contributed by atoms with E-state index in [4.69, 9.17) is 4.74 Å². The third kappa shape index (κ3) is 3.93. The number of hydrogen-bond donors (Lipinski definition) is 0. The molecule has 0 radical (unpaired) electrons. The van der Waals surface area contributed by atoms with Gasteiger partial charge >= 0.3 is 15.0 Å². The van der Waals surface area contributed by atoms with Gasteiger partial charge in [0.25, 0.3) is 0 Å². The van der Waals surface area contributed by atoms with Crippen LogP contribution in [0.4, 0.5) is 12.3 Å². The second-order valence-corrected chi connectivity index (χ2v) is 4.44. The maximum atomic E-state index is 11.9. The van der Waals surface area contributed by atoms with Gasteiger partial charge in [0.1, 0.15) is 5.75 Å². The highest BCUT2D eigenvalue weighted by molar-refractivity contribution is 6.58. The van der Waals surface area contributed by atoms with Gasteiger partial charge in [-0.05, 0) is 24.3 Å². The van der Waals surface area contributed by atoms with E-state index in [0.29, 0.717) is 5.75 Å². The first-order chi connectivity index (χ1) is 7.42. The summed E-state index contributed by atoms with van der Waals surface area (Å²) in [5.74, 6) is -0.464. The molecule has 88 valence electrons. The Bertz CT molecular complexity index is 361. The largest absolute Gasteiger partial charge is 0.656 e. The van der Waals surface area contributed by atoms with E-state index in [1.54, 1.807) is 0 Å². The van der Waals surface area contributed by atoms with Crippen molar-refractivity contribution in [2.45, 2.75) is 0 Å². The van der Waals surface area contributed by atoms with Crippen LogP contribution in [-0.2, 0) is 4.74 Å². The number of methoxy groups -OCH3 is 1. The highest BCUT2D eigenvalue weighted by Crippen LogP contribution is 2.14. The molecule has 1 aromatic carbocycles. The zero-order valence-electron chi connectivity index (χ0n) is 8.38. The maximum absolute atomic E-state index is 11.9. The van der Waals surface area contributed by atoms with Crippen molar-refractivity contribution >= 4 is 15.0 Å². The molecule has 7 heteroatoms. The molecule has 0 aliphatic carbocycles. The van der Waals surface area contributed by atoms with Crippen LogP contribution in [0.2, 0.25) is 0 Å². The topological polar surface area (TPSA) is 35.5 Å². The predicted octanol–water partition coefficient (Wildman–Crippen LogP) is 2.24. The fraction of sp³-hybridized carbons (Fsp3) is 0.222. The molecule has 0 bridgehead atoms. The molecular weight excluding hydrogens is 241 g/mol. The number of halogens is 3. The SMILES string of the molecule is COc1ccc(C(=O)OC[Si](F)(F)F)cc1. The molecule has 0 aliphatic rings. The van der Waals surface area contributed by atoms with Crippen molar-refractivity contribution in [1.82, 2.24) is 0 Å². The highest BCUT2D eigenvalue weighted by atomic mass is 28.5. The number of rotatable bonds is 4. The van der Waals surface area contributed by atoms with Crippen molar-refractivity contribution in [3.8, 4) is 5.75 Å². The van der Waals surface area contributed by atoms with Crippen molar-refractivity contribution in [2.75, 3.05) is 13.3 Å². The smallest absolute Gasteiger partial charge is 0.497 e. The van der Waals surface area contributed by atoms with E-state index in [1.807, 2.05) is 0 Å². The van der Waals surface area contributed by atoms with Gasteiger partial charge in [-0.2, -0.15) is 0 Å². The summed E-state index contributed by atoms with van der Waals surface area (Å²) in [6.45, 7) is 0. The highest BCUT2D eigenvalue weighted by Gasteiger charge is 2.39. The Hall–Kier alpha value is -1.50. The Morgan fingerprint density at radius 3 is 2.25 bits per heavy atom. The van der Waals surface area contributed by atoms with Crippen LogP contribution in [-0.4, -0.2) is 28.4 Å². The first-order valence-corrected chi connectivity index (χ1v) is 6.14. The molecule has 0 saturated heterocycles. The van der Waals surface area contributed by atoms with Gasteiger partial charge in [0, 0.05) is 0 Å². The van der Waals surface area contributed by atoms with Crippen molar-refractivity contribution in [3.05, 3.63) is 29.8 Å². The molecule has 0 fully saturated rings. The minimum absolute atomic E-state index is 0.0686. The molecule has 0 atom stereocenters. The molecule has 0 aromatic heterocycles. The molecule has 1 rings (SSSR count). The predicted molar refractivity (Wildman–Crippen MR) is 52.4 cm³/mol. The average molecular weight is 250 g/mol. The molecule has 3 nitrogen and oxygen atoms in total. The summed E-state index contributed by atoms with van der Waals surface area (Å²) in [5, 5.41) is 0. The molecule has 0 amide bonds. The fourth-order valence-electron chi connectivity index (χ4n) is 0.958. The number of hydrogen-bond acceptors (Lipinski definition) is 3. The van der Waals surface area contributed by atoms with Crippen LogP contribution in [0.3, 0.4) is 0 Å². The summed E-state index contributed by atoms with van der Waals surface area (Å²) >= 11 is 0. The molecular formula is C9H9F3O3Si. The lowest BCUT2D eigenvalue weighted by Gasteiger charge is -2.05. The summed E-state index contributed by atoms with van der Waals surface area (Å²) in [6.07, 6.45) is -1.45. The van der Waals surface area contributed by atoms with E-state index in [9.17, 15) is 17.1 Å². The molecule has 0 N–H and O–H groups in total. The van der Waals surface area contributed by atoms with Crippen molar-refractivity contribution in [2.24, 2.45) is 0 Å². The summed E-state index contributed by atoms with van der Waals surface area (Å²) in [6, 6.07) is 5.64. The van der Waals surface area contributed by atoms with Crippen LogP contribution >= 0.6 is 0 Å². The zero-order chi connectivity index (χ0) is 12.2. The minimum Gasteiger partial charge on any atom is -0.497 e. The third-order valence-corrected chi connectivity index (χ3v) is 2.16. The number of esters is 1. The molecule has 0 heterocycles. The quantitative estimate of drug-likeness (QED) is 0.467. The van der Waals surface area contributed by atoms with Gasteiger partial charge in [0.15, 0.2) is 6.23 Å². The van der Waals surface area contributed by atoms with Crippen molar-refractivity contribution in [1.29, 1.82) is 0 Å². The van der Waals surface area contributed by atoms with Gasteiger partial charge < -0.3 is 9.47 Å². The van der Waals surface area contributed by atoms with Gasteiger partial charge in [-0.25, -0.2) is 17.1 Å². The number of carbonyl (C=O) groups is 1. The minimum atomic E-state index is -5.84. The Kier molecular flexibility index (Phi) is 3.94. The second-order valence-electron chi connectivity index (χ2n) is 2.92. The summed E-state index contributed by atoms with van der Waals surface area (Å²) in [5.41, 5.74) is 0.0686. The van der Waals surface area contributed by atoms with E-state index in [-0.39, 0.29) is 5.56 Å². The lowest BCUT2D eigenvalue weighted by Crippen LogP contribution is -2.26. The number of carbonyl (C=O) groups excluding carboxylic acids is 1. The second kappa shape index (κ2) is 5.02. The lowest BCUT2D eigenvalue weighted by atomic mass is 10.2. The zero-order valence-corrected chi connectivity index (χ0v) is 9.38. The van der Waals surface area contributed by atoms with E-state index in [0.717, 1.165) is 0 Å². The van der Waals surface area contributed by atoms with Crippen LogP contribution in [0, 0.1) is 0 Å². The van der Waals surface area contributed by atoms with Crippen LogP contribution in [0.25, 0.3) is 0 Å². The van der Waals surface area contributed by atoms with Crippen LogP contribution in [0.1, 0.15) is 10.4 Å². The molecule has 0 spiro atoms. The molecule has 16 heavy (non-hydrogen) atoms. The summed E-state index contributed by atoms with van der Waals surface area (Å²) in [4.78, 5) is 11.2. The van der Waals surface area contributed by atoms with Gasteiger partial charge in [0.2, 0.25) is 0 Å². The van der Waals surface area contributed by atoms with Gasteiger partial charge in [0.05, 0.1) is 12.7 Å². The van der Waals surface area contributed by atoms with Crippen molar-refractivity contribution in [3.63, 3.8) is 0 Å². The summed E-state index contributed by atoms with van der Waals surface area (Å²) in [7, 11) is -4.39. The Morgan fingerprint density at radius 1 is 1.25 bits per heavy atom. The Morgan fingerprint density at radius 2 is 1.81 bits per heavy atom. The van der Waals surface area contributed by atoms with Crippen LogP contribution in [0.15, 0.2) is 24.3 Å². The lowest BCUT2D eigenvalue weighted by molar-refractivity contribution is 0.0537. The number of ether oxygens (including phenoxy) is 2. The van der Waals surface area contributed by atoms with Crippen molar-refractivity contribution < 1.29 is 26.6 Å². The average Bonchev–Trinajstić information content (AvgIpc) is 2.25. The first kappa shape index (κ1) is 12.6. The van der Waals surface area contributed by atoms with Gasteiger partial charge in [-0.3, -0.25) is 0 Å². The van der Waals surface area contributed by atoms with E-state index in [2.05, 4.69) is 4.74 Å². The van der Waals surface area contributed by atoms with Gasteiger partial charge in [-0.1, -0.05) is 0 Å². The normalized spacial score (nSPS) is 11.0. The first-order valence-electron chi connectivity index (χ1n) is 4.30. The molecule has 0 aliphatic heterocycles.